The fraction of sp³-hybridized carbons (Fsp3) is 0.310. The Bertz CT molecular complexity index is 1380. The number of nitrogens with one attached hydrogen (secondary N) is 1. The average molecular weight is 538 g/mol. The molecule has 2 amide bonds. The van der Waals surface area contributed by atoms with Crippen molar-refractivity contribution in [1.82, 2.24) is 10.2 Å². The third kappa shape index (κ3) is 6.34. The van der Waals surface area contributed by atoms with E-state index in [1.807, 2.05) is 45.0 Å². The van der Waals surface area contributed by atoms with E-state index in [9.17, 15) is 18.0 Å². The molecule has 0 aliphatic rings. The van der Waals surface area contributed by atoms with E-state index in [0.717, 1.165) is 21.0 Å². The zero-order valence-corrected chi connectivity index (χ0v) is 23.3. The highest BCUT2D eigenvalue weighted by atomic mass is 32.2. The quantitative estimate of drug-likeness (QED) is 0.398. The van der Waals surface area contributed by atoms with Gasteiger partial charge in [-0.2, -0.15) is 0 Å². The minimum absolute atomic E-state index is 0.0418. The van der Waals surface area contributed by atoms with Gasteiger partial charge in [0.2, 0.25) is 11.8 Å². The number of benzene rings is 3. The smallest absolute Gasteiger partial charge is 0.264 e. The Kier molecular flexibility index (Phi) is 9.52. The highest BCUT2D eigenvalue weighted by Gasteiger charge is 2.34. The van der Waals surface area contributed by atoms with Gasteiger partial charge < -0.3 is 15.0 Å². The highest BCUT2D eigenvalue weighted by molar-refractivity contribution is 7.92. The van der Waals surface area contributed by atoms with Crippen molar-refractivity contribution in [2.24, 2.45) is 0 Å². The maximum Gasteiger partial charge on any atom is 0.264 e. The number of carbonyl (C=O) groups is 2. The minimum atomic E-state index is -4.17. The molecule has 0 heterocycles. The maximum atomic E-state index is 14.0. The number of amides is 2. The molecule has 3 rings (SSSR count). The summed E-state index contributed by atoms with van der Waals surface area (Å²) in [6.45, 7) is 5.22. The predicted octanol–water partition coefficient (Wildman–Crippen LogP) is 4.06. The lowest BCUT2D eigenvalue weighted by molar-refractivity contribution is -0.140. The van der Waals surface area contributed by atoms with Crippen LogP contribution in [-0.4, -0.2) is 51.9 Å². The molecule has 0 saturated carbocycles. The van der Waals surface area contributed by atoms with E-state index in [4.69, 9.17) is 4.74 Å². The second-order valence-corrected chi connectivity index (χ2v) is 10.8. The molecule has 3 aromatic rings. The second-order valence-electron chi connectivity index (χ2n) is 8.99. The van der Waals surface area contributed by atoms with Crippen molar-refractivity contribution in [2.45, 2.75) is 44.7 Å². The summed E-state index contributed by atoms with van der Waals surface area (Å²) >= 11 is 0. The molecule has 0 aliphatic heterocycles. The molecule has 38 heavy (non-hydrogen) atoms. The number of anilines is 1. The Morgan fingerprint density at radius 3 is 2.24 bits per heavy atom. The Hall–Kier alpha value is -3.85. The van der Waals surface area contributed by atoms with Crippen LogP contribution in [0.4, 0.5) is 5.69 Å². The lowest BCUT2D eigenvalue weighted by Gasteiger charge is -2.33. The molecule has 1 atom stereocenters. The zero-order valence-electron chi connectivity index (χ0n) is 22.5. The highest BCUT2D eigenvalue weighted by Crippen LogP contribution is 2.33. The van der Waals surface area contributed by atoms with Gasteiger partial charge in [0.25, 0.3) is 10.0 Å². The number of methoxy groups -OCH3 is 1. The molecule has 0 fully saturated rings. The van der Waals surface area contributed by atoms with E-state index in [-0.39, 0.29) is 23.0 Å². The number of nitrogens with zero attached hydrogens (tertiary/aromatic N) is 2. The van der Waals surface area contributed by atoms with Crippen LogP contribution in [0, 0.1) is 13.8 Å². The number of sulfonamides is 1. The number of hydrogen-bond acceptors (Lipinski definition) is 5. The zero-order chi connectivity index (χ0) is 27.9. The number of rotatable bonds is 11. The molecule has 8 nitrogen and oxygen atoms in total. The fourth-order valence-corrected chi connectivity index (χ4v) is 5.72. The third-order valence-corrected chi connectivity index (χ3v) is 8.22. The van der Waals surface area contributed by atoms with Gasteiger partial charge >= 0.3 is 0 Å². The molecular weight excluding hydrogens is 502 g/mol. The van der Waals surface area contributed by atoms with Crippen molar-refractivity contribution in [3.63, 3.8) is 0 Å². The second kappa shape index (κ2) is 12.6. The summed E-state index contributed by atoms with van der Waals surface area (Å²) < 4.78 is 34.4. The molecule has 0 aromatic heterocycles. The van der Waals surface area contributed by atoms with Crippen molar-refractivity contribution in [2.75, 3.05) is 25.0 Å². The van der Waals surface area contributed by atoms with Gasteiger partial charge in [-0.1, -0.05) is 55.5 Å². The number of ether oxygens (including phenoxy) is 1. The first kappa shape index (κ1) is 28.7. The van der Waals surface area contributed by atoms with Crippen LogP contribution in [0.5, 0.6) is 5.75 Å². The molecule has 1 N–H and O–H groups in total. The van der Waals surface area contributed by atoms with E-state index >= 15 is 0 Å². The van der Waals surface area contributed by atoms with Crippen molar-refractivity contribution in [1.29, 1.82) is 0 Å². The van der Waals surface area contributed by atoms with E-state index in [1.165, 1.54) is 31.2 Å². The fourth-order valence-electron chi connectivity index (χ4n) is 4.29. The summed E-state index contributed by atoms with van der Waals surface area (Å²) in [7, 11) is -1.20. The van der Waals surface area contributed by atoms with Crippen molar-refractivity contribution < 1.29 is 22.7 Å². The SMILES string of the molecule is CC[C@@H](C(=O)NC)N(Cc1ccccc1C)C(=O)CN(c1cc(C)ccc1OC)S(=O)(=O)c1ccccc1. The lowest BCUT2D eigenvalue weighted by atomic mass is 10.1. The van der Waals surface area contributed by atoms with E-state index < -0.39 is 28.5 Å². The minimum Gasteiger partial charge on any atom is -0.495 e. The summed E-state index contributed by atoms with van der Waals surface area (Å²) in [4.78, 5) is 28.3. The van der Waals surface area contributed by atoms with Crippen LogP contribution in [-0.2, 0) is 26.2 Å². The monoisotopic (exact) mass is 537 g/mol. The summed E-state index contributed by atoms with van der Waals surface area (Å²) in [6, 6.07) is 19.9. The van der Waals surface area contributed by atoms with Gasteiger partial charge in [0.05, 0.1) is 17.7 Å². The van der Waals surface area contributed by atoms with Gasteiger partial charge in [0.15, 0.2) is 0 Å². The van der Waals surface area contributed by atoms with Crippen molar-refractivity contribution >= 4 is 27.5 Å². The predicted molar refractivity (Wildman–Crippen MR) is 149 cm³/mol. The molecule has 202 valence electrons. The van der Waals surface area contributed by atoms with Gasteiger partial charge in [-0.05, 0) is 61.2 Å². The first-order valence-electron chi connectivity index (χ1n) is 12.4. The maximum absolute atomic E-state index is 14.0. The van der Waals surface area contributed by atoms with Crippen LogP contribution < -0.4 is 14.4 Å². The molecule has 0 bridgehead atoms. The van der Waals surface area contributed by atoms with Crippen LogP contribution in [0.25, 0.3) is 0 Å². The topological polar surface area (TPSA) is 96.0 Å². The molecule has 0 unspecified atom stereocenters. The van der Waals surface area contributed by atoms with Gasteiger partial charge in [-0.15, -0.1) is 0 Å². The normalized spacial score (nSPS) is 11.9. The van der Waals surface area contributed by atoms with Crippen LogP contribution in [0.3, 0.4) is 0 Å². The van der Waals surface area contributed by atoms with Gasteiger partial charge in [0, 0.05) is 13.6 Å². The van der Waals surface area contributed by atoms with Crippen molar-refractivity contribution in [3.05, 3.63) is 89.5 Å². The first-order valence-corrected chi connectivity index (χ1v) is 13.9. The Balaban J connectivity index is 2.13. The standard InChI is InChI=1S/C29H35N3O5S/c1-6-25(29(34)30-4)31(19-23-13-11-10-12-22(23)3)28(33)20-32(26-18-21(2)16-17-27(26)37-5)38(35,36)24-14-8-7-9-15-24/h7-18,25H,6,19-20H2,1-5H3,(H,30,34)/t25-/m0/s1. The summed E-state index contributed by atoms with van der Waals surface area (Å²) in [6.07, 6.45) is 0.358. The lowest BCUT2D eigenvalue weighted by Crippen LogP contribution is -2.51. The van der Waals surface area contributed by atoms with E-state index in [0.29, 0.717) is 12.2 Å². The number of hydrogen-bond donors (Lipinski definition) is 1. The summed E-state index contributed by atoms with van der Waals surface area (Å²) in [5.74, 6) is -0.515. The van der Waals surface area contributed by atoms with Crippen LogP contribution in [0.15, 0.2) is 77.7 Å². The molecule has 0 spiro atoms. The summed E-state index contributed by atoms with van der Waals surface area (Å²) in [5, 5.41) is 2.63. The van der Waals surface area contributed by atoms with Crippen LogP contribution in [0.1, 0.15) is 30.0 Å². The Morgan fingerprint density at radius 2 is 1.63 bits per heavy atom. The average Bonchev–Trinajstić information content (AvgIpc) is 2.92. The molecule has 3 aromatic carbocycles. The summed E-state index contributed by atoms with van der Waals surface area (Å²) in [5.41, 5.74) is 2.88. The number of aryl methyl sites for hydroxylation is 2. The number of likely N-dealkylation sites (N-methyl/N-ethyl adjacent to an activating group) is 1. The molecule has 9 heteroatoms. The Morgan fingerprint density at radius 1 is 0.974 bits per heavy atom. The molecule has 0 aliphatic carbocycles. The number of carbonyl (C=O) groups excluding carboxylic acids is 2. The van der Waals surface area contributed by atoms with E-state index in [2.05, 4.69) is 5.32 Å². The molecule has 0 radical (unpaired) electrons. The van der Waals surface area contributed by atoms with Gasteiger partial charge in [-0.3, -0.25) is 13.9 Å². The van der Waals surface area contributed by atoms with Gasteiger partial charge in [-0.25, -0.2) is 8.42 Å². The molecule has 0 saturated heterocycles. The van der Waals surface area contributed by atoms with Crippen LogP contribution in [0.2, 0.25) is 0 Å². The first-order chi connectivity index (χ1) is 18.1. The largest absolute Gasteiger partial charge is 0.495 e. The van der Waals surface area contributed by atoms with Gasteiger partial charge in [0.1, 0.15) is 18.3 Å². The molecular formula is C29H35N3O5S. The van der Waals surface area contributed by atoms with Crippen LogP contribution >= 0.6 is 0 Å². The van der Waals surface area contributed by atoms with E-state index in [1.54, 1.807) is 36.4 Å². The third-order valence-electron chi connectivity index (χ3n) is 6.45. The Labute approximate surface area is 225 Å². The van der Waals surface area contributed by atoms with Crippen molar-refractivity contribution in [3.8, 4) is 5.75 Å².